The van der Waals surface area contributed by atoms with Crippen LogP contribution in [0.25, 0.3) is 0 Å². The summed E-state index contributed by atoms with van der Waals surface area (Å²) in [5, 5.41) is 20.6. The molecule has 4 aliphatic carbocycles. The van der Waals surface area contributed by atoms with E-state index < -0.39 is 17.4 Å². The van der Waals surface area contributed by atoms with Crippen LogP contribution in [0.5, 0.6) is 0 Å². The predicted octanol–water partition coefficient (Wildman–Crippen LogP) is 7.13. The van der Waals surface area contributed by atoms with Crippen LogP contribution >= 0.6 is 0 Å². The Morgan fingerprint density at radius 2 is 1.56 bits per heavy atom. The maximum Gasteiger partial charge on any atom is 0.416 e. The van der Waals surface area contributed by atoms with E-state index >= 15 is 0 Å². The van der Waals surface area contributed by atoms with Crippen molar-refractivity contribution in [2.75, 3.05) is 0 Å². The van der Waals surface area contributed by atoms with E-state index in [1.807, 2.05) is 6.92 Å². The van der Waals surface area contributed by atoms with Crippen LogP contribution in [0.1, 0.15) is 105 Å². The smallest absolute Gasteiger partial charge is 0.390 e. The standard InChI is InChI=1S/C27H45F3O2/c1-17(10-13-26(5,32)27(28,29)30)20-8-9-21-19-7-6-18-16-23(2,31)14-15-24(18,3)22(19)11-12-25(20,21)4/h17-22,31-32H,6-16H2,1-5H3/t17-,18-,19-,20-,21+,22+,23+,24+,25-,26?/m1/s1. The van der Waals surface area contributed by atoms with Gasteiger partial charge in [0, 0.05) is 0 Å². The van der Waals surface area contributed by atoms with Crippen LogP contribution in [-0.2, 0) is 0 Å². The summed E-state index contributed by atoms with van der Waals surface area (Å²) in [6.07, 6.45) is 5.85. The van der Waals surface area contributed by atoms with Gasteiger partial charge in [-0.2, -0.15) is 13.2 Å². The fraction of sp³-hybridized carbons (Fsp3) is 1.00. The Morgan fingerprint density at radius 3 is 2.22 bits per heavy atom. The number of halogens is 3. The Morgan fingerprint density at radius 1 is 0.906 bits per heavy atom. The van der Waals surface area contributed by atoms with Gasteiger partial charge in [-0.05, 0) is 131 Å². The zero-order chi connectivity index (χ0) is 23.7. The van der Waals surface area contributed by atoms with Crippen molar-refractivity contribution >= 4 is 0 Å². The van der Waals surface area contributed by atoms with E-state index in [-0.39, 0.29) is 17.8 Å². The van der Waals surface area contributed by atoms with E-state index in [0.29, 0.717) is 29.6 Å². The minimum absolute atomic E-state index is 0.201. The highest BCUT2D eigenvalue weighted by Crippen LogP contribution is 2.69. The first-order valence-electron chi connectivity index (χ1n) is 13.1. The monoisotopic (exact) mass is 458 g/mol. The van der Waals surface area contributed by atoms with Crippen molar-refractivity contribution in [1.82, 2.24) is 0 Å². The average molecular weight is 459 g/mol. The second-order valence-electron chi connectivity index (χ2n) is 13.4. The second kappa shape index (κ2) is 7.86. The highest BCUT2D eigenvalue weighted by molar-refractivity contribution is 5.10. The molecule has 186 valence electrons. The first kappa shape index (κ1) is 24.8. The second-order valence-corrected chi connectivity index (χ2v) is 13.4. The predicted molar refractivity (Wildman–Crippen MR) is 121 cm³/mol. The molecule has 0 amide bonds. The topological polar surface area (TPSA) is 40.5 Å². The number of alkyl halides is 3. The molecule has 0 radical (unpaired) electrons. The van der Waals surface area contributed by atoms with Crippen LogP contribution in [0.2, 0.25) is 0 Å². The molecule has 4 aliphatic rings. The molecule has 0 saturated heterocycles. The van der Waals surface area contributed by atoms with Crippen molar-refractivity contribution in [3.8, 4) is 0 Å². The van der Waals surface area contributed by atoms with E-state index in [9.17, 15) is 23.4 Å². The van der Waals surface area contributed by atoms with Crippen molar-refractivity contribution in [3.05, 3.63) is 0 Å². The molecule has 5 heteroatoms. The highest BCUT2D eigenvalue weighted by Gasteiger charge is 2.61. The van der Waals surface area contributed by atoms with Crippen LogP contribution in [0.3, 0.4) is 0 Å². The summed E-state index contributed by atoms with van der Waals surface area (Å²) in [6.45, 7) is 9.99. The SMILES string of the molecule is C[C@H](CCC(C)(O)C(F)(F)F)[C@H]1CC[C@H]2[C@H]3CC[C@@H]4C[C@@](C)(O)CC[C@]4(C)[C@H]3CC[C@]12C. The third-order valence-corrected chi connectivity index (χ3v) is 11.4. The molecule has 0 aromatic carbocycles. The van der Waals surface area contributed by atoms with Gasteiger partial charge in [-0.15, -0.1) is 0 Å². The summed E-state index contributed by atoms with van der Waals surface area (Å²) in [6, 6.07) is 0. The van der Waals surface area contributed by atoms with Gasteiger partial charge in [-0.3, -0.25) is 0 Å². The highest BCUT2D eigenvalue weighted by atomic mass is 19.4. The fourth-order valence-corrected chi connectivity index (χ4v) is 9.26. The summed E-state index contributed by atoms with van der Waals surface area (Å²) in [7, 11) is 0. The van der Waals surface area contributed by atoms with Gasteiger partial charge < -0.3 is 10.2 Å². The molecule has 0 spiro atoms. The van der Waals surface area contributed by atoms with Gasteiger partial charge in [-0.1, -0.05) is 20.8 Å². The number of aliphatic hydroxyl groups is 2. The van der Waals surface area contributed by atoms with E-state index in [1.165, 1.54) is 32.1 Å². The minimum atomic E-state index is -4.56. The van der Waals surface area contributed by atoms with E-state index in [4.69, 9.17) is 0 Å². The lowest BCUT2D eigenvalue weighted by Crippen LogP contribution is -2.55. The van der Waals surface area contributed by atoms with Crippen LogP contribution < -0.4 is 0 Å². The number of hydrogen-bond donors (Lipinski definition) is 2. The molecule has 2 nitrogen and oxygen atoms in total. The average Bonchev–Trinajstić information content (AvgIpc) is 3.03. The van der Waals surface area contributed by atoms with Crippen molar-refractivity contribution in [2.45, 2.75) is 123 Å². The Bertz CT molecular complexity index is 702. The fourth-order valence-electron chi connectivity index (χ4n) is 9.26. The molecule has 1 unspecified atom stereocenters. The molecular weight excluding hydrogens is 413 g/mol. The summed E-state index contributed by atoms with van der Waals surface area (Å²) < 4.78 is 39.4. The van der Waals surface area contributed by atoms with Gasteiger partial charge in [0.15, 0.2) is 5.60 Å². The van der Waals surface area contributed by atoms with Crippen LogP contribution in [0.4, 0.5) is 13.2 Å². The summed E-state index contributed by atoms with van der Waals surface area (Å²) >= 11 is 0. The lowest BCUT2D eigenvalue weighted by Gasteiger charge is -2.62. The van der Waals surface area contributed by atoms with Gasteiger partial charge >= 0.3 is 6.18 Å². The molecular formula is C27H45F3O2. The molecule has 0 aromatic heterocycles. The lowest BCUT2D eigenvalue weighted by molar-refractivity contribution is -0.256. The van der Waals surface area contributed by atoms with Crippen molar-refractivity contribution < 1.29 is 23.4 Å². The zero-order valence-electron chi connectivity index (χ0n) is 20.8. The van der Waals surface area contributed by atoms with E-state index in [1.54, 1.807) is 0 Å². The zero-order valence-corrected chi connectivity index (χ0v) is 20.8. The van der Waals surface area contributed by atoms with E-state index in [0.717, 1.165) is 44.4 Å². The third-order valence-electron chi connectivity index (χ3n) is 11.4. The molecule has 10 atom stereocenters. The Kier molecular flexibility index (Phi) is 6.10. The summed E-state index contributed by atoms with van der Waals surface area (Å²) in [4.78, 5) is 0. The quantitative estimate of drug-likeness (QED) is 0.471. The van der Waals surface area contributed by atoms with Gasteiger partial charge in [0.05, 0.1) is 5.60 Å². The number of hydrogen-bond acceptors (Lipinski definition) is 2. The normalized spacial score (nSPS) is 49.5. The molecule has 2 N–H and O–H groups in total. The van der Waals surface area contributed by atoms with Crippen molar-refractivity contribution in [2.24, 2.45) is 46.3 Å². The van der Waals surface area contributed by atoms with Gasteiger partial charge in [0.1, 0.15) is 0 Å². The maximum atomic E-state index is 13.1. The van der Waals surface area contributed by atoms with Gasteiger partial charge in [0.2, 0.25) is 0 Å². The molecule has 0 aromatic rings. The number of rotatable bonds is 4. The Balaban J connectivity index is 1.46. The van der Waals surface area contributed by atoms with E-state index in [2.05, 4.69) is 20.8 Å². The Hall–Kier alpha value is -0.290. The van der Waals surface area contributed by atoms with Gasteiger partial charge in [-0.25, -0.2) is 0 Å². The maximum absolute atomic E-state index is 13.1. The van der Waals surface area contributed by atoms with Crippen LogP contribution in [-0.4, -0.2) is 27.6 Å². The Labute approximate surface area is 192 Å². The van der Waals surface area contributed by atoms with Crippen molar-refractivity contribution in [1.29, 1.82) is 0 Å². The molecule has 0 heterocycles. The number of fused-ring (bicyclic) bond motifs is 5. The first-order chi connectivity index (χ1) is 14.6. The van der Waals surface area contributed by atoms with Gasteiger partial charge in [0.25, 0.3) is 0 Å². The van der Waals surface area contributed by atoms with Crippen molar-refractivity contribution in [3.63, 3.8) is 0 Å². The third kappa shape index (κ3) is 3.95. The summed E-state index contributed by atoms with van der Waals surface area (Å²) in [5.41, 5.74) is -2.55. The largest absolute Gasteiger partial charge is 0.416 e. The first-order valence-corrected chi connectivity index (χ1v) is 13.1. The molecule has 32 heavy (non-hydrogen) atoms. The molecule has 4 rings (SSSR count). The molecule has 0 aliphatic heterocycles. The van der Waals surface area contributed by atoms with Crippen LogP contribution in [0.15, 0.2) is 0 Å². The lowest BCUT2D eigenvalue weighted by atomic mass is 9.43. The molecule has 4 fully saturated rings. The van der Waals surface area contributed by atoms with Crippen LogP contribution in [0, 0.1) is 46.3 Å². The molecule has 4 saturated carbocycles. The molecule has 0 bridgehead atoms. The summed E-state index contributed by atoms with van der Waals surface area (Å²) in [5.74, 6) is 3.42. The minimum Gasteiger partial charge on any atom is -0.390 e.